The third kappa shape index (κ3) is 4.41. The van der Waals surface area contributed by atoms with Crippen LogP contribution in [0.4, 0.5) is 4.79 Å². The average molecular weight is 486 g/mol. The molecule has 0 saturated carbocycles. The smallest absolute Gasteiger partial charge is 0.331 e. The van der Waals surface area contributed by atoms with Gasteiger partial charge in [-0.1, -0.05) is 42.5 Å². The van der Waals surface area contributed by atoms with Gasteiger partial charge in [-0.3, -0.25) is 9.69 Å². The fourth-order valence-electron chi connectivity index (χ4n) is 5.24. The second-order valence-corrected chi connectivity index (χ2v) is 10.5. The van der Waals surface area contributed by atoms with Crippen LogP contribution in [-0.2, 0) is 33.8 Å². The fourth-order valence-corrected chi connectivity index (χ4v) is 5.24. The van der Waals surface area contributed by atoms with Crippen molar-refractivity contribution < 1.29 is 19.1 Å². The summed E-state index contributed by atoms with van der Waals surface area (Å²) in [6.45, 7) is 7.18. The number of amides is 3. The number of nitrogens with zero attached hydrogens (tertiary/aromatic N) is 3. The predicted octanol–water partition coefficient (Wildman–Crippen LogP) is 4.73. The summed E-state index contributed by atoms with van der Waals surface area (Å²) in [6, 6.07) is 16.0. The van der Waals surface area contributed by atoms with E-state index in [-0.39, 0.29) is 23.8 Å². The van der Waals surface area contributed by atoms with E-state index in [4.69, 9.17) is 4.74 Å². The van der Waals surface area contributed by atoms with Crippen LogP contribution in [-0.4, -0.2) is 51.5 Å². The molecule has 0 aliphatic carbocycles. The summed E-state index contributed by atoms with van der Waals surface area (Å²) in [5.41, 5.74) is 4.72. The fraction of sp³-hybridized carbons (Fsp3) is 0.345. The molecule has 1 saturated heterocycles. The van der Waals surface area contributed by atoms with Gasteiger partial charge in [0.15, 0.2) is 0 Å². The van der Waals surface area contributed by atoms with Crippen LogP contribution in [0.5, 0.6) is 0 Å². The summed E-state index contributed by atoms with van der Waals surface area (Å²) in [5.74, 6) is -0.831. The van der Waals surface area contributed by atoms with E-state index in [1.807, 2.05) is 45.0 Å². The minimum atomic E-state index is -0.526. The molecule has 36 heavy (non-hydrogen) atoms. The normalized spacial score (nSPS) is 17.7. The first-order valence-corrected chi connectivity index (χ1v) is 12.3. The Morgan fingerprint density at radius 3 is 2.67 bits per heavy atom. The van der Waals surface area contributed by atoms with Crippen molar-refractivity contribution in [1.29, 1.82) is 0 Å². The maximum Gasteiger partial charge on any atom is 0.331 e. The number of esters is 1. The summed E-state index contributed by atoms with van der Waals surface area (Å²) in [4.78, 5) is 40.7. The van der Waals surface area contributed by atoms with Gasteiger partial charge < -0.3 is 14.2 Å². The van der Waals surface area contributed by atoms with Crippen LogP contribution in [0.15, 0.2) is 54.6 Å². The zero-order chi connectivity index (χ0) is 25.6. The number of hydrogen-bond acceptors (Lipinski definition) is 4. The summed E-state index contributed by atoms with van der Waals surface area (Å²) < 4.78 is 7.61. The Balaban J connectivity index is 1.41. The first-order chi connectivity index (χ1) is 17.1. The Labute approximate surface area is 210 Å². The van der Waals surface area contributed by atoms with Crippen molar-refractivity contribution in [2.75, 3.05) is 13.6 Å². The molecule has 1 atom stereocenters. The number of carbonyl (C=O) groups is 3. The monoisotopic (exact) mass is 485 g/mol. The van der Waals surface area contributed by atoms with Gasteiger partial charge in [0.25, 0.3) is 0 Å². The molecule has 2 bridgehead atoms. The molecule has 1 unspecified atom stereocenters. The van der Waals surface area contributed by atoms with Crippen molar-refractivity contribution in [3.05, 3.63) is 77.0 Å². The van der Waals surface area contributed by atoms with Gasteiger partial charge in [0.05, 0.1) is 12.5 Å². The molecule has 1 aromatic heterocycles. The van der Waals surface area contributed by atoms with Crippen molar-refractivity contribution in [2.24, 2.45) is 0 Å². The number of ether oxygens (including phenoxy) is 1. The number of hydrogen-bond donors (Lipinski definition) is 0. The average Bonchev–Trinajstić information content (AvgIpc) is 3.16. The summed E-state index contributed by atoms with van der Waals surface area (Å²) in [5, 5.41) is 1.09. The lowest BCUT2D eigenvalue weighted by Crippen LogP contribution is -2.56. The van der Waals surface area contributed by atoms with E-state index in [0.29, 0.717) is 19.6 Å². The van der Waals surface area contributed by atoms with E-state index in [2.05, 4.69) is 28.8 Å². The Morgan fingerprint density at radius 1 is 1.11 bits per heavy atom. The first kappa shape index (κ1) is 23.9. The molecule has 1 fully saturated rings. The minimum Gasteiger partial charge on any atom is -0.457 e. The topological polar surface area (TPSA) is 71.8 Å². The molecule has 2 aliphatic rings. The third-order valence-corrected chi connectivity index (χ3v) is 6.79. The molecule has 2 aromatic carbocycles. The summed E-state index contributed by atoms with van der Waals surface area (Å²) >= 11 is 0. The highest BCUT2D eigenvalue weighted by Gasteiger charge is 2.44. The molecule has 5 rings (SSSR count). The summed E-state index contributed by atoms with van der Waals surface area (Å²) in [6.07, 6.45) is 4.00. The Morgan fingerprint density at radius 2 is 1.89 bits per heavy atom. The Hall–Kier alpha value is -3.87. The van der Waals surface area contributed by atoms with Crippen molar-refractivity contribution in [3.8, 4) is 0 Å². The van der Waals surface area contributed by atoms with Crippen LogP contribution in [0.3, 0.4) is 0 Å². The number of para-hydroxylation sites is 1. The van der Waals surface area contributed by atoms with Gasteiger partial charge in [-0.25, -0.2) is 9.59 Å². The second kappa shape index (κ2) is 8.97. The second-order valence-electron chi connectivity index (χ2n) is 10.5. The number of benzene rings is 2. The molecule has 3 amide bonds. The van der Waals surface area contributed by atoms with Crippen molar-refractivity contribution >= 4 is 34.9 Å². The van der Waals surface area contributed by atoms with Crippen LogP contribution >= 0.6 is 0 Å². The molecular weight excluding hydrogens is 454 g/mol. The highest BCUT2D eigenvalue weighted by Crippen LogP contribution is 2.40. The van der Waals surface area contributed by atoms with E-state index in [1.165, 1.54) is 11.0 Å². The molecule has 0 radical (unpaired) electrons. The Kier molecular flexibility index (Phi) is 5.94. The lowest BCUT2D eigenvalue weighted by atomic mass is 9.89. The van der Waals surface area contributed by atoms with Crippen LogP contribution in [0.25, 0.3) is 17.0 Å². The van der Waals surface area contributed by atoms with Crippen LogP contribution in [0.1, 0.15) is 49.1 Å². The van der Waals surface area contributed by atoms with Crippen LogP contribution in [0, 0.1) is 0 Å². The van der Waals surface area contributed by atoms with Gasteiger partial charge >= 0.3 is 12.0 Å². The van der Waals surface area contributed by atoms with Crippen molar-refractivity contribution in [2.45, 2.75) is 51.8 Å². The van der Waals surface area contributed by atoms with Gasteiger partial charge in [-0.05, 0) is 56.0 Å². The maximum atomic E-state index is 13.0. The number of fused-ring (bicyclic) bond motifs is 6. The molecule has 186 valence electrons. The van der Waals surface area contributed by atoms with E-state index >= 15 is 0 Å². The van der Waals surface area contributed by atoms with E-state index < -0.39 is 5.60 Å². The molecule has 3 aromatic rings. The van der Waals surface area contributed by atoms with Gasteiger partial charge in [0, 0.05) is 42.8 Å². The number of aromatic nitrogens is 1. The summed E-state index contributed by atoms with van der Waals surface area (Å²) in [7, 11) is 1.57. The molecule has 0 spiro atoms. The highest BCUT2D eigenvalue weighted by atomic mass is 16.6. The lowest BCUT2D eigenvalue weighted by Gasteiger charge is -2.41. The van der Waals surface area contributed by atoms with Gasteiger partial charge in [-0.2, -0.15) is 0 Å². The molecule has 7 nitrogen and oxygen atoms in total. The quantitative estimate of drug-likeness (QED) is 0.387. The number of urea groups is 1. The van der Waals surface area contributed by atoms with Crippen molar-refractivity contribution in [3.63, 3.8) is 0 Å². The van der Waals surface area contributed by atoms with E-state index in [1.54, 1.807) is 18.0 Å². The van der Waals surface area contributed by atoms with E-state index in [0.717, 1.165) is 39.7 Å². The van der Waals surface area contributed by atoms with Gasteiger partial charge in [0.1, 0.15) is 5.60 Å². The van der Waals surface area contributed by atoms with Gasteiger partial charge in [0.2, 0.25) is 5.91 Å². The number of imide groups is 1. The molecule has 0 N–H and O–H groups in total. The molecule has 3 heterocycles. The van der Waals surface area contributed by atoms with Crippen LogP contribution < -0.4 is 0 Å². The van der Waals surface area contributed by atoms with E-state index in [9.17, 15) is 14.4 Å². The SMILES string of the molecule is CN1C(=O)C2CN(Cc3c2c2ccccc2n3CCc2cccc(/C=C/C(=O)OC(C)(C)C)c2)C1=O. The standard InChI is InChI=1S/C29H31N3O4/c1-29(2,3)36-25(33)13-12-19-8-7-9-20(16-19)14-15-32-23-11-6-5-10-21(23)26-22-17-31(18-24(26)32)28(35)30(4)27(22)34/h5-13,16,22H,14-15,17-18H2,1-4H3/b13-12+. The Bertz CT molecular complexity index is 1400. The zero-order valence-electron chi connectivity index (χ0n) is 21.2. The number of aryl methyl sites for hydroxylation is 2. The lowest BCUT2D eigenvalue weighted by molar-refractivity contribution is -0.148. The van der Waals surface area contributed by atoms with Crippen molar-refractivity contribution in [1.82, 2.24) is 14.4 Å². The molecule has 7 heteroatoms. The van der Waals surface area contributed by atoms with Crippen LogP contribution in [0.2, 0.25) is 0 Å². The number of likely N-dealkylation sites (N-methyl/N-ethyl adjacent to an activating group) is 1. The number of carbonyl (C=O) groups excluding carboxylic acids is 3. The third-order valence-electron chi connectivity index (χ3n) is 6.79. The first-order valence-electron chi connectivity index (χ1n) is 12.3. The molecule has 2 aliphatic heterocycles. The zero-order valence-corrected chi connectivity index (χ0v) is 21.2. The largest absolute Gasteiger partial charge is 0.457 e. The predicted molar refractivity (Wildman–Crippen MR) is 138 cm³/mol. The highest BCUT2D eigenvalue weighted by molar-refractivity contribution is 6.04. The molecular formula is C29H31N3O4. The number of rotatable bonds is 5. The maximum absolute atomic E-state index is 13.0. The van der Waals surface area contributed by atoms with Gasteiger partial charge in [-0.15, -0.1) is 0 Å². The minimum absolute atomic E-state index is 0.135.